The molecule has 154 valence electrons. The number of amides is 2. The van der Waals surface area contributed by atoms with E-state index in [4.69, 9.17) is 9.84 Å². The van der Waals surface area contributed by atoms with Gasteiger partial charge in [0.05, 0.1) is 6.54 Å². The molecule has 0 radical (unpaired) electrons. The molecule has 0 atom stereocenters. The molecule has 0 bridgehead atoms. The van der Waals surface area contributed by atoms with E-state index in [2.05, 4.69) is 31.4 Å². The van der Waals surface area contributed by atoms with Crippen molar-refractivity contribution in [2.75, 3.05) is 18.5 Å². The second kappa shape index (κ2) is 9.23. The summed E-state index contributed by atoms with van der Waals surface area (Å²) in [6, 6.07) is 12.1. The number of hydrogen-bond donors (Lipinski definition) is 3. The predicted octanol–water partition coefficient (Wildman–Crippen LogP) is 3.12. The van der Waals surface area contributed by atoms with Crippen LogP contribution in [-0.4, -0.2) is 36.0 Å². The van der Waals surface area contributed by atoms with Gasteiger partial charge < -0.3 is 20.5 Å². The lowest BCUT2D eigenvalue weighted by molar-refractivity contribution is -0.139. The largest absolute Gasteiger partial charge is 0.482 e. The molecule has 0 saturated carbocycles. The summed E-state index contributed by atoms with van der Waals surface area (Å²) in [7, 11) is 0. The van der Waals surface area contributed by atoms with Gasteiger partial charge in [-0.2, -0.15) is 0 Å². The van der Waals surface area contributed by atoms with Gasteiger partial charge in [-0.1, -0.05) is 32.9 Å². The van der Waals surface area contributed by atoms with Gasteiger partial charge in [0, 0.05) is 11.3 Å². The van der Waals surface area contributed by atoms with Gasteiger partial charge in [-0.3, -0.25) is 9.59 Å². The first kappa shape index (κ1) is 21.9. The maximum atomic E-state index is 12.2. The first-order valence-corrected chi connectivity index (χ1v) is 9.20. The highest BCUT2D eigenvalue weighted by atomic mass is 16.5. The van der Waals surface area contributed by atoms with Gasteiger partial charge in [0.15, 0.2) is 6.61 Å². The molecule has 2 aromatic carbocycles. The van der Waals surface area contributed by atoms with Crippen LogP contribution in [0.15, 0.2) is 42.5 Å². The minimum absolute atomic E-state index is 0.000958. The molecular weight excluding hydrogens is 372 g/mol. The Morgan fingerprint density at radius 3 is 2.24 bits per heavy atom. The van der Waals surface area contributed by atoms with Crippen LogP contribution in [-0.2, 0) is 15.0 Å². The third-order valence-corrected chi connectivity index (χ3v) is 4.26. The number of aliphatic carboxylic acids is 1. The number of hydrogen-bond acceptors (Lipinski definition) is 4. The number of nitrogens with one attached hydrogen (secondary N) is 2. The van der Waals surface area contributed by atoms with Crippen LogP contribution in [0.3, 0.4) is 0 Å². The van der Waals surface area contributed by atoms with Gasteiger partial charge in [0.2, 0.25) is 5.91 Å². The average molecular weight is 398 g/mol. The van der Waals surface area contributed by atoms with Crippen LogP contribution >= 0.6 is 0 Å². The monoisotopic (exact) mass is 398 g/mol. The van der Waals surface area contributed by atoms with Gasteiger partial charge in [-0.25, -0.2) is 4.79 Å². The van der Waals surface area contributed by atoms with E-state index in [9.17, 15) is 14.4 Å². The van der Waals surface area contributed by atoms with Crippen LogP contribution in [0, 0.1) is 6.92 Å². The van der Waals surface area contributed by atoms with Crippen LogP contribution in [0.2, 0.25) is 0 Å². The molecule has 0 aromatic heterocycles. The van der Waals surface area contributed by atoms with E-state index in [0.29, 0.717) is 22.6 Å². The average Bonchev–Trinajstić information content (AvgIpc) is 2.65. The maximum Gasteiger partial charge on any atom is 0.341 e. The van der Waals surface area contributed by atoms with Crippen LogP contribution in [0.25, 0.3) is 0 Å². The molecule has 29 heavy (non-hydrogen) atoms. The Morgan fingerprint density at radius 2 is 1.69 bits per heavy atom. The summed E-state index contributed by atoms with van der Waals surface area (Å²) in [5, 5.41) is 13.9. The highest BCUT2D eigenvalue weighted by Gasteiger charge is 2.15. The van der Waals surface area contributed by atoms with Crippen molar-refractivity contribution in [2.24, 2.45) is 0 Å². The number of aryl methyl sites for hydroxylation is 1. The SMILES string of the molecule is Cc1cc(OCC(=O)O)ccc1NC(=O)CNC(=O)c1ccc(C(C)(C)C)cc1. The van der Waals surface area contributed by atoms with Crippen molar-refractivity contribution >= 4 is 23.5 Å². The molecule has 2 rings (SSSR count). The van der Waals surface area contributed by atoms with Gasteiger partial charge in [-0.05, 0) is 53.8 Å². The molecule has 0 heterocycles. The fraction of sp³-hybridized carbons (Fsp3) is 0.318. The predicted molar refractivity (Wildman–Crippen MR) is 110 cm³/mol. The zero-order chi connectivity index (χ0) is 21.6. The summed E-state index contributed by atoms with van der Waals surface area (Å²) in [6.45, 7) is 7.45. The Bertz CT molecular complexity index is 898. The summed E-state index contributed by atoms with van der Waals surface area (Å²) in [5.74, 6) is -1.36. The third-order valence-electron chi connectivity index (χ3n) is 4.26. The molecule has 0 aliphatic heterocycles. The second-order valence-corrected chi connectivity index (χ2v) is 7.72. The molecule has 0 unspecified atom stereocenters. The number of carboxylic acids is 1. The van der Waals surface area contributed by atoms with Crippen molar-refractivity contribution in [1.82, 2.24) is 5.32 Å². The molecule has 0 spiro atoms. The highest BCUT2D eigenvalue weighted by molar-refractivity contribution is 5.99. The summed E-state index contributed by atoms with van der Waals surface area (Å²) in [5.41, 5.74) is 2.88. The van der Waals surface area contributed by atoms with Crippen molar-refractivity contribution in [2.45, 2.75) is 33.1 Å². The summed E-state index contributed by atoms with van der Waals surface area (Å²) >= 11 is 0. The fourth-order valence-electron chi connectivity index (χ4n) is 2.59. The molecule has 7 nitrogen and oxygen atoms in total. The highest BCUT2D eigenvalue weighted by Crippen LogP contribution is 2.22. The first-order chi connectivity index (χ1) is 13.6. The Balaban J connectivity index is 1.89. The Hall–Kier alpha value is -3.35. The zero-order valence-corrected chi connectivity index (χ0v) is 17.0. The zero-order valence-electron chi connectivity index (χ0n) is 17.0. The summed E-state index contributed by atoms with van der Waals surface area (Å²) < 4.78 is 5.10. The maximum absolute atomic E-state index is 12.2. The summed E-state index contributed by atoms with van der Waals surface area (Å²) in [6.07, 6.45) is 0. The van der Waals surface area contributed by atoms with Crippen LogP contribution in [0.4, 0.5) is 5.69 Å². The Morgan fingerprint density at radius 1 is 1.03 bits per heavy atom. The Kier molecular flexibility index (Phi) is 6.98. The first-order valence-electron chi connectivity index (χ1n) is 9.20. The topological polar surface area (TPSA) is 105 Å². The molecular formula is C22H26N2O5. The lowest BCUT2D eigenvalue weighted by Gasteiger charge is -2.19. The standard InChI is InChI=1S/C22H26N2O5/c1-14-11-17(29-13-20(26)27)9-10-18(14)24-19(25)12-23-21(28)15-5-7-16(8-6-15)22(2,3)4/h5-11H,12-13H2,1-4H3,(H,23,28)(H,24,25)(H,26,27). The number of ether oxygens (including phenoxy) is 1. The van der Waals surface area contributed by atoms with E-state index in [1.165, 1.54) is 0 Å². The molecule has 0 fully saturated rings. The molecule has 3 N–H and O–H groups in total. The van der Waals surface area contributed by atoms with Crippen molar-refractivity contribution in [1.29, 1.82) is 0 Å². The number of anilines is 1. The van der Waals surface area contributed by atoms with Crippen molar-refractivity contribution in [3.05, 3.63) is 59.2 Å². The van der Waals surface area contributed by atoms with E-state index in [1.54, 1.807) is 37.3 Å². The number of carbonyl (C=O) groups excluding carboxylic acids is 2. The van der Waals surface area contributed by atoms with Crippen molar-refractivity contribution < 1.29 is 24.2 Å². The number of carboxylic acid groups (broad SMARTS) is 1. The lowest BCUT2D eigenvalue weighted by Crippen LogP contribution is -2.33. The Labute approximate surface area is 170 Å². The van der Waals surface area contributed by atoms with Crippen LogP contribution < -0.4 is 15.4 Å². The fourth-order valence-corrected chi connectivity index (χ4v) is 2.59. The quantitative estimate of drug-likeness (QED) is 0.665. The van der Waals surface area contributed by atoms with Gasteiger partial charge in [0.25, 0.3) is 5.91 Å². The molecule has 0 aliphatic carbocycles. The minimum atomic E-state index is -1.07. The number of rotatable bonds is 7. The van der Waals surface area contributed by atoms with Crippen LogP contribution in [0.5, 0.6) is 5.75 Å². The second-order valence-electron chi connectivity index (χ2n) is 7.72. The van der Waals surface area contributed by atoms with E-state index < -0.39 is 12.6 Å². The van der Waals surface area contributed by atoms with E-state index in [0.717, 1.165) is 5.56 Å². The number of carbonyl (C=O) groups is 3. The number of benzene rings is 2. The van der Waals surface area contributed by atoms with Gasteiger partial charge >= 0.3 is 5.97 Å². The van der Waals surface area contributed by atoms with E-state index >= 15 is 0 Å². The lowest BCUT2D eigenvalue weighted by atomic mass is 9.87. The summed E-state index contributed by atoms with van der Waals surface area (Å²) in [4.78, 5) is 34.9. The van der Waals surface area contributed by atoms with Gasteiger partial charge in [-0.15, -0.1) is 0 Å². The van der Waals surface area contributed by atoms with Crippen LogP contribution in [0.1, 0.15) is 42.3 Å². The molecule has 2 aromatic rings. The molecule has 2 amide bonds. The molecule has 0 aliphatic rings. The van der Waals surface area contributed by atoms with Crippen molar-refractivity contribution in [3.63, 3.8) is 0 Å². The van der Waals surface area contributed by atoms with Gasteiger partial charge in [0.1, 0.15) is 5.75 Å². The minimum Gasteiger partial charge on any atom is -0.482 e. The van der Waals surface area contributed by atoms with Crippen molar-refractivity contribution in [3.8, 4) is 5.75 Å². The van der Waals surface area contributed by atoms with E-state index in [1.807, 2.05) is 12.1 Å². The smallest absolute Gasteiger partial charge is 0.341 e. The molecule has 7 heteroatoms. The third kappa shape index (κ3) is 6.64. The van der Waals surface area contributed by atoms with E-state index in [-0.39, 0.29) is 23.8 Å². The molecule has 0 saturated heterocycles. The normalized spacial score (nSPS) is 10.9.